The van der Waals surface area contributed by atoms with Crippen LogP contribution in [0, 0.1) is 10.1 Å². The quantitative estimate of drug-likeness (QED) is 0.449. The summed E-state index contributed by atoms with van der Waals surface area (Å²) >= 11 is 0. The zero-order valence-corrected chi connectivity index (χ0v) is 10.2. The highest BCUT2D eigenvalue weighted by atomic mass is 16.6. The van der Waals surface area contributed by atoms with Gasteiger partial charge in [-0.2, -0.15) is 0 Å². The molecule has 0 amide bonds. The molecular weight excluding hydrogens is 220 g/mol. The Morgan fingerprint density at radius 1 is 1.41 bits per heavy atom. The highest BCUT2D eigenvalue weighted by molar-refractivity contribution is 5.43. The molecule has 94 valence electrons. The van der Waals surface area contributed by atoms with Gasteiger partial charge in [0.05, 0.1) is 12.0 Å². The lowest BCUT2D eigenvalue weighted by Gasteiger charge is -2.08. The van der Waals surface area contributed by atoms with Crippen molar-refractivity contribution < 1.29 is 9.66 Å². The number of hydrogen-bond acceptors (Lipinski definition) is 4. The van der Waals surface area contributed by atoms with Crippen molar-refractivity contribution in [2.24, 2.45) is 0 Å². The SMILES string of the molecule is CCCNCCc1cc([N+](=O)[O-])ccc1OC. The van der Waals surface area contributed by atoms with Crippen LogP contribution in [0.5, 0.6) is 5.75 Å². The number of nitro groups is 1. The van der Waals surface area contributed by atoms with Crippen LogP contribution in [-0.4, -0.2) is 25.1 Å². The summed E-state index contributed by atoms with van der Waals surface area (Å²) in [5, 5.41) is 13.9. The molecule has 1 aromatic rings. The van der Waals surface area contributed by atoms with Crippen LogP contribution in [0.15, 0.2) is 18.2 Å². The van der Waals surface area contributed by atoms with Gasteiger partial charge in [0.1, 0.15) is 5.75 Å². The molecule has 0 radical (unpaired) electrons. The molecule has 17 heavy (non-hydrogen) atoms. The zero-order chi connectivity index (χ0) is 12.7. The molecule has 0 fully saturated rings. The van der Waals surface area contributed by atoms with Gasteiger partial charge in [0.25, 0.3) is 5.69 Å². The summed E-state index contributed by atoms with van der Waals surface area (Å²) in [5.41, 5.74) is 0.974. The van der Waals surface area contributed by atoms with E-state index in [0.717, 1.165) is 31.5 Å². The predicted octanol–water partition coefficient (Wildman–Crippen LogP) is 2.15. The molecule has 5 nitrogen and oxygen atoms in total. The third-order valence-corrected chi connectivity index (χ3v) is 2.47. The minimum Gasteiger partial charge on any atom is -0.496 e. The van der Waals surface area contributed by atoms with Crippen molar-refractivity contribution in [1.82, 2.24) is 5.32 Å². The van der Waals surface area contributed by atoms with Crippen LogP contribution in [0.4, 0.5) is 5.69 Å². The number of rotatable bonds is 7. The monoisotopic (exact) mass is 238 g/mol. The van der Waals surface area contributed by atoms with E-state index >= 15 is 0 Å². The van der Waals surface area contributed by atoms with Crippen molar-refractivity contribution in [3.8, 4) is 5.75 Å². The molecule has 0 aliphatic rings. The van der Waals surface area contributed by atoms with Crippen LogP contribution in [0.25, 0.3) is 0 Å². The molecule has 0 heterocycles. The fourth-order valence-electron chi connectivity index (χ4n) is 1.60. The molecule has 0 aromatic heterocycles. The molecule has 0 spiro atoms. The fourth-order valence-corrected chi connectivity index (χ4v) is 1.60. The summed E-state index contributed by atoms with van der Waals surface area (Å²) in [5.74, 6) is 0.703. The Hall–Kier alpha value is -1.62. The summed E-state index contributed by atoms with van der Waals surface area (Å²) in [6.45, 7) is 3.85. The number of hydrogen-bond donors (Lipinski definition) is 1. The molecule has 0 aliphatic heterocycles. The Bertz CT molecular complexity index is 380. The van der Waals surface area contributed by atoms with Gasteiger partial charge >= 0.3 is 0 Å². The Labute approximate surface area is 101 Å². The first-order valence-electron chi connectivity index (χ1n) is 5.71. The first kappa shape index (κ1) is 13.4. The number of nitrogens with one attached hydrogen (secondary N) is 1. The normalized spacial score (nSPS) is 10.2. The molecule has 0 bridgehead atoms. The van der Waals surface area contributed by atoms with Gasteiger partial charge in [-0.1, -0.05) is 6.92 Å². The molecule has 0 saturated heterocycles. The average molecular weight is 238 g/mol. The summed E-state index contributed by atoms with van der Waals surface area (Å²) in [4.78, 5) is 10.3. The van der Waals surface area contributed by atoms with E-state index in [9.17, 15) is 10.1 Å². The number of ether oxygens (including phenoxy) is 1. The lowest BCUT2D eigenvalue weighted by molar-refractivity contribution is -0.384. The van der Waals surface area contributed by atoms with Gasteiger partial charge in [-0.3, -0.25) is 10.1 Å². The number of non-ortho nitro benzene ring substituents is 1. The van der Waals surface area contributed by atoms with Crippen molar-refractivity contribution in [3.63, 3.8) is 0 Å². The molecule has 1 rings (SSSR count). The van der Waals surface area contributed by atoms with E-state index in [-0.39, 0.29) is 10.6 Å². The molecule has 0 unspecified atom stereocenters. The van der Waals surface area contributed by atoms with E-state index < -0.39 is 0 Å². The van der Waals surface area contributed by atoms with Gasteiger partial charge in [0.2, 0.25) is 0 Å². The first-order chi connectivity index (χ1) is 8.19. The van der Waals surface area contributed by atoms with E-state index in [1.165, 1.54) is 6.07 Å². The smallest absolute Gasteiger partial charge is 0.269 e. The molecule has 0 aliphatic carbocycles. The van der Waals surface area contributed by atoms with Crippen LogP contribution in [0.1, 0.15) is 18.9 Å². The first-order valence-corrected chi connectivity index (χ1v) is 5.71. The molecule has 5 heteroatoms. The number of methoxy groups -OCH3 is 1. The van der Waals surface area contributed by atoms with Gasteiger partial charge < -0.3 is 10.1 Å². The predicted molar refractivity (Wildman–Crippen MR) is 66.5 cm³/mol. The fraction of sp³-hybridized carbons (Fsp3) is 0.500. The summed E-state index contributed by atoms with van der Waals surface area (Å²) in [6.07, 6.45) is 1.80. The second kappa shape index (κ2) is 6.85. The summed E-state index contributed by atoms with van der Waals surface area (Å²) in [6, 6.07) is 4.68. The standard InChI is InChI=1S/C12H18N2O3/c1-3-7-13-8-6-10-9-11(14(15)16)4-5-12(10)17-2/h4-5,9,13H,3,6-8H2,1-2H3. The minimum absolute atomic E-state index is 0.108. The van der Waals surface area contributed by atoms with E-state index in [1.807, 2.05) is 0 Å². The van der Waals surface area contributed by atoms with E-state index in [0.29, 0.717) is 5.75 Å². The highest BCUT2D eigenvalue weighted by Gasteiger charge is 2.10. The second-order valence-corrected chi connectivity index (χ2v) is 3.75. The highest BCUT2D eigenvalue weighted by Crippen LogP contribution is 2.24. The van der Waals surface area contributed by atoms with Gasteiger partial charge in [0, 0.05) is 17.7 Å². The third kappa shape index (κ3) is 4.03. The van der Waals surface area contributed by atoms with Crippen molar-refractivity contribution in [3.05, 3.63) is 33.9 Å². The van der Waals surface area contributed by atoms with Crippen molar-refractivity contribution >= 4 is 5.69 Å². The average Bonchev–Trinajstić information content (AvgIpc) is 2.34. The molecule has 0 atom stereocenters. The lowest BCUT2D eigenvalue weighted by Crippen LogP contribution is -2.18. The Balaban J connectivity index is 2.72. The maximum Gasteiger partial charge on any atom is 0.269 e. The molecular formula is C12H18N2O3. The van der Waals surface area contributed by atoms with Gasteiger partial charge in [0.15, 0.2) is 0 Å². The third-order valence-electron chi connectivity index (χ3n) is 2.47. The van der Waals surface area contributed by atoms with Crippen LogP contribution < -0.4 is 10.1 Å². The van der Waals surface area contributed by atoms with Crippen molar-refractivity contribution in [2.75, 3.05) is 20.2 Å². The van der Waals surface area contributed by atoms with Gasteiger partial charge in [-0.25, -0.2) is 0 Å². The van der Waals surface area contributed by atoms with Crippen molar-refractivity contribution in [2.45, 2.75) is 19.8 Å². The van der Waals surface area contributed by atoms with Gasteiger partial charge in [-0.05, 0) is 32.0 Å². The summed E-state index contributed by atoms with van der Waals surface area (Å²) in [7, 11) is 1.57. The largest absolute Gasteiger partial charge is 0.496 e. The Morgan fingerprint density at radius 2 is 2.18 bits per heavy atom. The van der Waals surface area contributed by atoms with Crippen LogP contribution in [0.3, 0.4) is 0 Å². The van der Waals surface area contributed by atoms with Crippen LogP contribution >= 0.6 is 0 Å². The number of nitrogens with zero attached hydrogens (tertiary/aromatic N) is 1. The van der Waals surface area contributed by atoms with E-state index in [4.69, 9.17) is 4.74 Å². The van der Waals surface area contributed by atoms with Crippen molar-refractivity contribution in [1.29, 1.82) is 0 Å². The number of benzene rings is 1. The van der Waals surface area contributed by atoms with Gasteiger partial charge in [-0.15, -0.1) is 0 Å². The minimum atomic E-state index is -0.386. The maximum absolute atomic E-state index is 10.7. The second-order valence-electron chi connectivity index (χ2n) is 3.75. The zero-order valence-electron chi connectivity index (χ0n) is 10.2. The van der Waals surface area contributed by atoms with E-state index in [1.54, 1.807) is 19.2 Å². The molecule has 1 N–H and O–H groups in total. The van der Waals surface area contributed by atoms with Crippen LogP contribution in [-0.2, 0) is 6.42 Å². The topological polar surface area (TPSA) is 64.4 Å². The van der Waals surface area contributed by atoms with Crippen LogP contribution in [0.2, 0.25) is 0 Å². The van der Waals surface area contributed by atoms with E-state index in [2.05, 4.69) is 12.2 Å². The lowest BCUT2D eigenvalue weighted by atomic mass is 10.1. The maximum atomic E-state index is 10.7. The molecule has 0 saturated carbocycles. The Morgan fingerprint density at radius 3 is 2.76 bits per heavy atom. The molecule has 1 aromatic carbocycles. The summed E-state index contributed by atoms with van der Waals surface area (Å²) < 4.78 is 5.19. The Kier molecular flexibility index (Phi) is 5.42. The number of nitro benzene ring substituents is 1.